The van der Waals surface area contributed by atoms with Crippen molar-refractivity contribution in [3.8, 4) is 45.9 Å². The lowest BCUT2D eigenvalue weighted by molar-refractivity contribution is -0.144. The van der Waals surface area contributed by atoms with Gasteiger partial charge in [0, 0.05) is 6.07 Å². The lowest BCUT2D eigenvalue weighted by Crippen LogP contribution is -2.20. The first-order valence-electron chi connectivity index (χ1n) is 18.0. The van der Waals surface area contributed by atoms with E-state index in [1.54, 1.807) is 48.5 Å². The monoisotopic (exact) mass is 889 g/mol. The Kier molecular flexibility index (Phi) is 12.9. The smallest absolute Gasteiger partial charge is 0.416 e. The molecule has 6 aromatic rings. The molecule has 0 aromatic heterocycles. The van der Waals surface area contributed by atoms with Crippen LogP contribution in [0.1, 0.15) is 36.0 Å². The molecule has 6 aromatic carbocycles. The molecule has 17 heteroatoms. The number of ether oxygens (including phenoxy) is 3. The number of esters is 1. The molecule has 1 N–H and O–H groups in total. The average molecular weight is 890 g/mol. The highest BCUT2D eigenvalue weighted by molar-refractivity contribution is 7.91. The van der Waals surface area contributed by atoms with Gasteiger partial charge in [-0.1, -0.05) is 67.1 Å². The van der Waals surface area contributed by atoms with Crippen LogP contribution in [0.3, 0.4) is 0 Å². The number of rotatable bonds is 14. The Bertz CT molecular complexity index is 2900. The van der Waals surface area contributed by atoms with Crippen LogP contribution < -0.4 is 14.2 Å². The minimum absolute atomic E-state index is 0.0230. The molecule has 0 aliphatic carbocycles. The van der Waals surface area contributed by atoms with E-state index in [2.05, 4.69) is 0 Å². The second-order valence-electron chi connectivity index (χ2n) is 13.2. The van der Waals surface area contributed by atoms with Crippen molar-refractivity contribution in [2.45, 2.75) is 40.1 Å². The summed E-state index contributed by atoms with van der Waals surface area (Å²) in [5, 5.41) is 20.0. The first kappa shape index (κ1) is 43.9. The van der Waals surface area contributed by atoms with Crippen LogP contribution in [0.25, 0.3) is 11.1 Å². The molecule has 0 radical (unpaired) electrons. The molecule has 11 nitrogen and oxygen atoms in total. The van der Waals surface area contributed by atoms with Crippen LogP contribution >= 0.6 is 11.6 Å². The maximum atomic E-state index is 14.2. The summed E-state index contributed by atoms with van der Waals surface area (Å²) in [7, 11) is -7.67. The number of hydrogen-bond donors (Lipinski definition) is 1. The molecule has 0 aliphatic rings. The molecule has 0 spiro atoms. The van der Waals surface area contributed by atoms with Crippen molar-refractivity contribution in [1.29, 1.82) is 5.26 Å². The zero-order valence-corrected chi connectivity index (χ0v) is 34.0. The molecule has 312 valence electrons. The van der Waals surface area contributed by atoms with E-state index in [1.807, 2.05) is 0 Å². The Morgan fingerprint density at radius 1 is 0.721 bits per heavy atom. The molecule has 0 fully saturated rings. The zero-order valence-electron chi connectivity index (χ0n) is 31.6. The van der Waals surface area contributed by atoms with E-state index in [9.17, 15) is 50.0 Å². The topological polar surface area (TPSA) is 174 Å². The number of nitriles is 1. The summed E-state index contributed by atoms with van der Waals surface area (Å²) in [6, 6.07) is 31.3. The van der Waals surface area contributed by atoms with Crippen molar-refractivity contribution < 1.29 is 58.9 Å². The Hall–Kier alpha value is -6.67. The maximum Gasteiger partial charge on any atom is 0.416 e. The number of carbonyl (C=O) groups excluding carboxylic acids is 1. The Morgan fingerprint density at radius 2 is 1.33 bits per heavy atom. The Morgan fingerprint density at radius 3 is 1.95 bits per heavy atom. The largest absolute Gasteiger partial charge is 0.481 e. The van der Waals surface area contributed by atoms with Gasteiger partial charge in [-0.2, -0.15) is 18.4 Å². The highest BCUT2D eigenvalue weighted by Gasteiger charge is 2.34. The summed E-state index contributed by atoms with van der Waals surface area (Å²) in [5.41, 5.74) is -1.06. The molecule has 0 heterocycles. The van der Waals surface area contributed by atoms with Crippen LogP contribution in [0.2, 0.25) is 5.02 Å². The van der Waals surface area contributed by atoms with Gasteiger partial charge in [0.05, 0.1) is 48.9 Å². The minimum Gasteiger partial charge on any atom is -0.481 e. The van der Waals surface area contributed by atoms with E-state index in [1.165, 1.54) is 61.5 Å². The Labute approximate surface area is 353 Å². The van der Waals surface area contributed by atoms with Crippen molar-refractivity contribution >= 4 is 43.2 Å². The predicted molar refractivity (Wildman–Crippen MR) is 216 cm³/mol. The molecule has 0 amide bonds. The normalized spacial score (nSPS) is 12.2. The van der Waals surface area contributed by atoms with Crippen LogP contribution in [0.15, 0.2) is 148 Å². The predicted octanol–water partition coefficient (Wildman–Crippen LogP) is 10.3. The van der Waals surface area contributed by atoms with Gasteiger partial charge in [-0.3, -0.25) is 9.59 Å². The van der Waals surface area contributed by atoms with E-state index in [0.29, 0.717) is 23.3 Å². The SMILES string of the molecule is CCS(=O)(=O)c1ccc(Oc2cc(OC(=O)CC(C(=O)O)c3cc(Oc4ccc(S(=O)(=O)c5ccccc5)cc4C#N)cc(C(F)(F)F)c3)cc(-c3ccccc3)c2)c(Cl)c1. The molecular weight excluding hydrogens is 859 g/mol. The number of hydrogen-bond acceptors (Lipinski definition) is 10. The fraction of sp³-hybridized carbons (Fsp3) is 0.114. The number of carboxylic acids is 1. The van der Waals surface area contributed by atoms with Gasteiger partial charge >= 0.3 is 18.1 Å². The van der Waals surface area contributed by atoms with E-state index >= 15 is 0 Å². The third-order valence-electron chi connectivity index (χ3n) is 9.08. The standard InChI is InChI=1S/C44H31ClF3NO10S2/c1-2-60(53,54)36-13-16-41(39(45)24-36)58-33-18-28(27-9-5-3-6-10-27)19-34(23-33)59-42(50)25-38(43(51)52)29-17-31(44(46,47)48)22-32(20-29)57-40-15-14-37(21-30(40)26-49)61(55,56)35-11-7-4-8-12-35/h3-24,38H,2,25H2,1H3,(H,51,52). The summed E-state index contributed by atoms with van der Waals surface area (Å²) < 4.78 is 111. The number of sulfone groups is 2. The van der Waals surface area contributed by atoms with Crippen molar-refractivity contribution in [1.82, 2.24) is 0 Å². The molecule has 1 unspecified atom stereocenters. The van der Waals surface area contributed by atoms with E-state index in [0.717, 1.165) is 24.3 Å². The van der Waals surface area contributed by atoms with Gasteiger partial charge in [0.15, 0.2) is 9.84 Å². The lowest BCUT2D eigenvalue weighted by Gasteiger charge is -2.18. The van der Waals surface area contributed by atoms with Crippen molar-refractivity contribution in [2.24, 2.45) is 0 Å². The quantitative estimate of drug-likeness (QED) is 0.0814. The number of halogens is 4. The van der Waals surface area contributed by atoms with Crippen LogP contribution in [-0.2, 0) is 35.4 Å². The second kappa shape index (κ2) is 17.9. The highest BCUT2D eigenvalue weighted by atomic mass is 35.5. The van der Waals surface area contributed by atoms with Gasteiger partial charge in [0.25, 0.3) is 0 Å². The third-order valence-corrected chi connectivity index (χ3v) is 12.9. The molecule has 61 heavy (non-hydrogen) atoms. The van der Waals surface area contributed by atoms with Gasteiger partial charge in [-0.05, 0) is 95.6 Å². The molecule has 0 saturated heterocycles. The fourth-order valence-corrected chi connectivity index (χ4v) is 8.48. The first-order chi connectivity index (χ1) is 28.9. The average Bonchev–Trinajstić information content (AvgIpc) is 3.23. The first-order valence-corrected chi connectivity index (χ1v) is 21.5. The van der Waals surface area contributed by atoms with Gasteiger partial charge < -0.3 is 19.3 Å². The van der Waals surface area contributed by atoms with Gasteiger partial charge in [0.2, 0.25) is 9.84 Å². The third kappa shape index (κ3) is 10.4. The van der Waals surface area contributed by atoms with E-state index < -0.39 is 67.0 Å². The van der Waals surface area contributed by atoms with Gasteiger partial charge in [0.1, 0.15) is 34.8 Å². The number of alkyl halides is 3. The van der Waals surface area contributed by atoms with Crippen molar-refractivity contribution in [3.63, 3.8) is 0 Å². The number of aliphatic carboxylic acids is 1. The number of carboxylic acid groups (broad SMARTS) is 1. The lowest BCUT2D eigenvalue weighted by atomic mass is 9.93. The fourth-order valence-electron chi connectivity index (χ4n) is 5.99. The highest BCUT2D eigenvalue weighted by Crippen LogP contribution is 2.40. The molecule has 1 atom stereocenters. The van der Waals surface area contributed by atoms with E-state index in [4.69, 9.17) is 25.8 Å². The molecule has 6 rings (SSSR count). The molecule has 0 bridgehead atoms. The molecular formula is C44H31ClF3NO10S2. The number of nitrogens with zero attached hydrogens (tertiary/aromatic N) is 1. The summed E-state index contributed by atoms with van der Waals surface area (Å²) in [6.07, 6.45) is -5.98. The second-order valence-corrected chi connectivity index (χ2v) is 17.8. The zero-order chi connectivity index (χ0) is 44.1. The van der Waals surface area contributed by atoms with Crippen LogP contribution in [0.4, 0.5) is 13.2 Å². The summed E-state index contributed by atoms with van der Waals surface area (Å²) in [5.74, 6) is -5.79. The maximum absolute atomic E-state index is 14.2. The van der Waals surface area contributed by atoms with Crippen molar-refractivity contribution in [3.05, 3.63) is 155 Å². The van der Waals surface area contributed by atoms with Crippen LogP contribution in [0, 0.1) is 11.3 Å². The summed E-state index contributed by atoms with van der Waals surface area (Å²) in [6.45, 7) is 1.48. The van der Waals surface area contributed by atoms with Gasteiger partial charge in [-0.15, -0.1) is 0 Å². The summed E-state index contributed by atoms with van der Waals surface area (Å²) >= 11 is 6.38. The number of benzene rings is 6. The molecule has 0 aliphatic heterocycles. The van der Waals surface area contributed by atoms with Crippen LogP contribution in [0.5, 0.6) is 28.7 Å². The Balaban J connectivity index is 1.29. The van der Waals surface area contributed by atoms with Crippen LogP contribution in [-0.4, -0.2) is 39.6 Å². The number of carbonyl (C=O) groups is 2. The molecule has 0 saturated carbocycles. The minimum atomic E-state index is -5.02. The van der Waals surface area contributed by atoms with Crippen molar-refractivity contribution in [2.75, 3.05) is 5.75 Å². The summed E-state index contributed by atoms with van der Waals surface area (Å²) in [4.78, 5) is 25.7. The van der Waals surface area contributed by atoms with E-state index in [-0.39, 0.29) is 54.0 Å². The van der Waals surface area contributed by atoms with Gasteiger partial charge in [-0.25, -0.2) is 16.8 Å².